The Balaban J connectivity index is 1.34. The quantitative estimate of drug-likeness (QED) is 0.645. The van der Waals surface area contributed by atoms with E-state index in [-0.39, 0.29) is 5.91 Å². The molecule has 22 heavy (non-hydrogen) atoms. The first kappa shape index (κ1) is 15.5. The molecule has 0 spiro atoms. The SMILES string of the molecule is C[N+]12CCC(CC1)[C@@H](OCCCNC(=O)c1ccccc1)C2. The molecule has 3 saturated heterocycles. The Morgan fingerprint density at radius 2 is 2.00 bits per heavy atom. The van der Waals surface area contributed by atoms with Crippen LogP contribution in [0.4, 0.5) is 0 Å². The van der Waals surface area contributed by atoms with Crippen molar-refractivity contribution in [2.45, 2.75) is 25.4 Å². The molecule has 1 N–H and O–H groups in total. The van der Waals surface area contributed by atoms with Crippen molar-refractivity contribution in [2.75, 3.05) is 39.8 Å². The second-order valence-corrected chi connectivity index (χ2v) is 6.97. The number of fused-ring (bicyclic) bond motifs is 3. The molecule has 0 radical (unpaired) electrons. The molecule has 1 amide bonds. The van der Waals surface area contributed by atoms with Crippen molar-refractivity contribution in [3.63, 3.8) is 0 Å². The van der Waals surface area contributed by atoms with Gasteiger partial charge in [0.2, 0.25) is 0 Å². The highest BCUT2D eigenvalue weighted by molar-refractivity contribution is 5.94. The van der Waals surface area contributed by atoms with Crippen molar-refractivity contribution in [3.05, 3.63) is 35.9 Å². The van der Waals surface area contributed by atoms with Crippen LogP contribution in [0.25, 0.3) is 0 Å². The zero-order valence-electron chi connectivity index (χ0n) is 13.5. The Bertz CT molecular complexity index is 495. The predicted molar refractivity (Wildman–Crippen MR) is 86.6 cm³/mol. The van der Waals surface area contributed by atoms with Gasteiger partial charge in [-0.1, -0.05) is 18.2 Å². The fourth-order valence-electron chi connectivity index (χ4n) is 3.74. The fraction of sp³-hybridized carbons (Fsp3) is 0.611. The Kier molecular flexibility index (Phi) is 4.79. The molecule has 1 aromatic carbocycles. The van der Waals surface area contributed by atoms with Gasteiger partial charge in [-0.05, 0) is 18.6 Å². The number of hydrogen-bond donors (Lipinski definition) is 1. The fourth-order valence-corrected chi connectivity index (χ4v) is 3.74. The topological polar surface area (TPSA) is 38.3 Å². The molecule has 3 heterocycles. The van der Waals surface area contributed by atoms with E-state index in [1.807, 2.05) is 30.3 Å². The molecule has 3 aliphatic heterocycles. The maximum atomic E-state index is 11.9. The third kappa shape index (κ3) is 3.68. The van der Waals surface area contributed by atoms with E-state index in [0.717, 1.165) is 24.5 Å². The summed E-state index contributed by atoms with van der Waals surface area (Å²) in [6.07, 6.45) is 3.93. The maximum absolute atomic E-state index is 11.9. The van der Waals surface area contributed by atoms with Crippen LogP contribution in [-0.4, -0.2) is 56.3 Å². The van der Waals surface area contributed by atoms with Gasteiger partial charge in [-0.25, -0.2) is 0 Å². The van der Waals surface area contributed by atoms with Gasteiger partial charge < -0.3 is 14.5 Å². The van der Waals surface area contributed by atoms with Crippen LogP contribution in [0.1, 0.15) is 29.6 Å². The molecule has 120 valence electrons. The number of benzene rings is 1. The molecule has 4 rings (SSSR count). The number of quaternary nitrogens is 1. The molecular weight excluding hydrogens is 276 g/mol. The van der Waals surface area contributed by atoms with E-state index in [4.69, 9.17) is 4.74 Å². The van der Waals surface area contributed by atoms with E-state index >= 15 is 0 Å². The maximum Gasteiger partial charge on any atom is 0.251 e. The first-order chi connectivity index (χ1) is 10.7. The summed E-state index contributed by atoms with van der Waals surface area (Å²) in [5.41, 5.74) is 0.721. The first-order valence-electron chi connectivity index (χ1n) is 8.45. The standard InChI is InChI=1S/C18H26N2O2/c1-20-11-8-15(9-12-20)17(14-20)22-13-5-10-19-18(21)16-6-3-2-4-7-16/h2-4,6-7,15,17H,5,8-14H2,1H3/p+1/t15?,17-,20?/m0/s1. The summed E-state index contributed by atoms with van der Waals surface area (Å²) in [6, 6.07) is 9.36. The van der Waals surface area contributed by atoms with E-state index in [1.54, 1.807) is 0 Å². The third-order valence-electron chi connectivity index (χ3n) is 5.20. The van der Waals surface area contributed by atoms with Gasteiger partial charge in [0.1, 0.15) is 12.6 Å². The molecule has 3 fully saturated rings. The normalized spacial score (nSPS) is 30.2. The highest BCUT2D eigenvalue weighted by Gasteiger charge is 2.43. The van der Waals surface area contributed by atoms with Crippen LogP contribution in [0.3, 0.4) is 0 Å². The lowest BCUT2D eigenvalue weighted by molar-refractivity contribution is -0.928. The van der Waals surface area contributed by atoms with Crippen LogP contribution < -0.4 is 5.32 Å². The summed E-state index contributed by atoms with van der Waals surface area (Å²) in [5.74, 6) is 0.764. The van der Waals surface area contributed by atoms with Gasteiger partial charge in [0, 0.05) is 37.5 Å². The number of nitrogens with zero attached hydrogens (tertiary/aromatic N) is 1. The minimum absolute atomic E-state index is 0.00139. The number of hydrogen-bond acceptors (Lipinski definition) is 2. The molecule has 0 aromatic heterocycles. The molecule has 1 atom stereocenters. The summed E-state index contributed by atoms with van der Waals surface area (Å²) in [5, 5.41) is 2.96. The van der Waals surface area contributed by atoms with Crippen LogP contribution in [-0.2, 0) is 4.74 Å². The van der Waals surface area contributed by atoms with E-state index < -0.39 is 0 Å². The summed E-state index contributed by atoms with van der Waals surface area (Å²) in [4.78, 5) is 11.9. The van der Waals surface area contributed by atoms with Gasteiger partial charge in [0.15, 0.2) is 0 Å². The number of rotatable bonds is 6. The summed E-state index contributed by atoms with van der Waals surface area (Å²) >= 11 is 0. The van der Waals surface area contributed by atoms with Crippen LogP contribution >= 0.6 is 0 Å². The van der Waals surface area contributed by atoms with E-state index in [9.17, 15) is 4.79 Å². The molecule has 0 unspecified atom stereocenters. The zero-order valence-corrected chi connectivity index (χ0v) is 13.5. The smallest absolute Gasteiger partial charge is 0.251 e. The van der Waals surface area contributed by atoms with Gasteiger partial charge >= 0.3 is 0 Å². The zero-order chi connectivity index (χ0) is 15.4. The number of carbonyl (C=O) groups is 1. The largest absolute Gasteiger partial charge is 0.372 e. The minimum atomic E-state index is 0.00139. The molecular formula is C18H27N2O2+. The van der Waals surface area contributed by atoms with Crippen LogP contribution in [0.2, 0.25) is 0 Å². The number of nitrogens with one attached hydrogen (secondary N) is 1. The first-order valence-corrected chi connectivity index (χ1v) is 8.45. The van der Waals surface area contributed by atoms with Crippen molar-refractivity contribution in [3.8, 4) is 0 Å². The third-order valence-corrected chi connectivity index (χ3v) is 5.20. The number of carbonyl (C=O) groups excluding carboxylic acids is 1. The Hall–Kier alpha value is -1.39. The van der Waals surface area contributed by atoms with Crippen molar-refractivity contribution < 1.29 is 14.0 Å². The number of piperidine rings is 3. The molecule has 0 aliphatic carbocycles. The average molecular weight is 303 g/mol. The average Bonchev–Trinajstić information content (AvgIpc) is 2.55. The minimum Gasteiger partial charge on any atom is -0.372 e. The lowest BCUT2D eigenvalue weighted by Gasteiger charge is -2.50. The van der Waals surface area contributed by atoms with Gasteiger partial charge in [-0.2, -0.15) is 0 Å². The second-order valence-electron chi connectivity index (χ2n) is 6.97. The molecule has 0 saturated carbocycles. The molecule has 3 aliphatic rings. The molecule has 4 nitrogen and oxygen atoms in total. The van der Waals surface area contributed by atoms with Gasteiger partial charge in [-0.15, -0.1) is 0 Å². The lowest BCUT2D eigenvalue weighted by atomic mass is 9.84. The number of ether oxygens (including phenoxy) is 1. The summed E-state index contributed by atoms with van der Waals surface area (Å²) in [7, 11) is 2.35. The van der Waals surface area contributed by atoms with Crippen molar-refractivity contribution >= 4 is 5.91 Å². The van der Waals surface area contributed by atoms with Crippen LogP contribution in [0.15, 0.2) is 30.3 Å². The Morgan fingerprint density at radius 1 is 1.27 bits per heavy atom. The monoisotopic (exact) mass is 303 g/mol. The van der Waals surface area contributed by atoms with Gasteiger partial charge in [-0.3, -0.25) is 4.79 Å². The molecule has 4 heteroatoms. The van der Waals surface area contributed by atoms with Crippen LogP contribution in [0, 0.1) is 5.92 Å². The van der Waals surface area contributed by atoms with Gasteiger partial charge in [0.05, 0.1) is 20.1 Å². The number of likely N-dealkylation sites (N-methyl/N-ethyl adjacent to an activating group) is 1. The second kappa shape index (κ2) is 6.80. The van der Waals surface area contributed by atoms with Crippen molar-refractivity contribution in [1.29, 1.82) is 0 Å². The van der Waals surface area contributed by atoms with Crippen molar-refractivity contribution in [2.24, 2.45) is 5.92 Å². The highest BCUT2D eigenvalue weighted by Crippen LogP contribution is 2.33. The van der Waals surface area contributed by atoms with E-state index in [1.165, 1.54) is 37.0 Å². The lowest BCUT2D eigenvalue weighted by Crippen LogP contribution is -2.62. The van der Waals surface area contributed by atoms with E-state index in [2.05, 4.69) is 12.4 Å². The van der Waals surface area contributed by atoms with E-state index in [0.29, 0.717) is 12.6 Å². The molecule has 2 bridgehead atoms. The highest BCUT2D eigenvalue weighted by atomic mass is 16.5. The predicted octanol–water partition coefficient (Wildman–Crippen LogP) is 2.06. The van der Waals surface area contributed by atoms with Crippen LogP contribution in [0.5, 0.6) is 0 Å². The summed E-state index contributed by atoms with van der Waals surface area (Å²) < 4.78 is 7.29. The van der Waals surface area contributed by atoms with Crippen molar-refractivity contribution in [1.82, 2.24) is 5.32 Å². The van der Waals surface area contributed by atoms with Gasteiger partial charge in [0.25, 0.3) is 5.91 Å². The Labute approximate surface area is 133 Å². The summed E-state index contributed by atoms with van der Waals surface area (Å²) in [6.45, 7) is 5.23. The Morgan fingerprint density at radius 3 is 2.68 bits per heavy atom. The number of amides is 1. The molecule has 1 aromatic rings.